The zero-order valence-corrected chi connectivity index (χ0v) is 16.2. The van der Waals surface area contributed by atoms with Crippen LogP contribution in [0.15, 0.2) is 12.4 Å². The highest BCUT2D eigenvalue weighted by atomic mass is 16.5. The Labute approximate surface area is 158 Å². The third kappa shape index (κ3) is 3.49. The third-order valence-corrected chi connectivity index (χ3v) is 5.28. The van der Waals surface area contributed by atoms with Gasteiger partial charge in [0, 0.05) is 44.9 Å². The number of ether oxygens (including phenoxy) is 1. The van der Waals surface area contributed by atoms with Crippen LogP contribution >= 0.6 is 0 Å². The molecule has 9 heteroatoms. The molecule has 0 N–H and O–H groups in total. The number of likely N-dealkylation sites (N-methyl/N-ethyl adjacent to an activating group) is 1. The van der Waals surface area contributed by atoms with E-state index in [0.717, 1.165) is 43.7 Å². The van der Waals surface area contributed by atoms with Gasteiger partial charge in [0.25, 0.3) is 5.91 Å². The molecule has 2 aliphatic heterocycles. The standard InChI is InChI=1S/C18H27N7O2/c1-22(2)12-14-16(13-10-19-23(3)11-13)25(8-9-27-14)18(26)17-21-20-15-6-4-5-7-24(15)17/h10-11,14,16H,4-9,12H2,1-3H3/t14-,16-/m0/s1. The summed E-state index contributed by atoms with van der Waals surface area (Å²) < 4.78 is 9.81. The van der Waals surface area contributed by atoms with Gasteiger partial charge in [0.1, 0.15) is 5.82 Å². The van der Waals surface area contributed by atoms with E-state index in [1.165, 1.54) is 0 Å². The van der Waals surface area contributed by atoms with E-state index in [1.54, 1.807) is 4.68 Å². The number of morpholine rings is 1. The number of rotatable bonds is 4. The van der Waals surface area contributed by atoms with Gasteiger partial charge in [0.2, 0.25) is 5.82 Å². The van der Waals surface area contributed by atoms with Gasteiger partial charge in [-0.05, 0) is 26.9 Å². The normalized spacial score (nSPS) is 22.9. The van der Waals surface area contributed by atoms with E-state index in [0.29, 0.717) is 19.0 Å². The highest BCUT2D eigenvalue weighted by Gasteiger charge is 2.39. The van der Waals surface area contributed by atoms with E-state index in [4.69, 9.17) is 4.74 Å². The molecular weight excluding hydrogens is 346 g/mol. The van der Waals surface area contributed by atoms with E-state index in [1.807, 2.05) is 43.0 Å². The Morgan fingerprint density at radius 2 is 2.15 bits per heavy atom. The summed E-state index contributed by atoms with van der Waals surface area (Å²) in [6.45, 7) is 2.58. The Kier molecular flexibility index (Phi) is 4.96. The van der Waals surface area contributed by atoms with Gasteiger partial charge in [0.15, 0.2) is 0 Å². The van der Waals surface area contributed by atoms with Crippen LogP contribution in [0.25, 0.3) is 0 Å². The molecule has 0 radical (unpaired) electrons. The molecule has 0 saturated carbocycles. The van der Waals surface area contributed by atoms with Crippen LogP contribution in [-0.2, 0) is 24.8 Å². The fourth-order valence-electron chi connectivity index (χ4n) is 4.06. The number of nitrogens with zero attached hydrogens (tertiary/aromatic N) is 7. The van der Waals surface area contributed by atoms with Crippen molar-refractivity contribution >= 4 is 5.91 Å². The van der Waals surface area contributed by atoms with E-state index in [2.05, 4.69) is 20.2 Å². The van der Waals surface area contributed by atoms with E-state index in [9.17, 15) is 4.79 Å². The molecule has 9 nitrogen and oxygen atoms in total. The number of amides is 1. The maximum Gasteiger partial charge on any atom is 0.292 e. The largest absolute Gasteiger partial charge is 0.373 e. The second-order valence-corrected chi connectivity index (χ2v) is 7.61. The van der Waals surface area contributed by atoms with Crippen LogP contribution in [0, 0.1) is 0 Å². The molecule has 0 aromatic carbocycles. The molecule has 2 aromatic heterocycles. The van der Waals surface area contributed by atoms with Crippen LogP contribution in [-0.4, -0.2) is 80.1 Å². The number of hydrogen-bond donors (Lipinski definition) is 0. The Morgan fingerprint density at radius 1 is 1.30 bits per heavy atom. The Balaban J connectivity index is 1.68. The number of aromatic nitrogens is 5. The molecular formula is C18H27N7O2. The molecule has 2 atom stereocenters. The average molecular weight is 373 g/mol. The van der Waals surface area contributed by atoms with Crippen molar-refractivity contribution in [2.24, 2.45) is 7.05 Å². The number of carbonyl (C=O) groups excluding carboxylic acids is 1. The van der Waals surface area contributed by atoms with Crippen molar-refractivity contribution in [1.29, 1.82) is 0 Å². The highest BCUT2D eigenvalue weighted by Crippen LogP contribution is 2.31. The second-order valence-electron chi connectivity index (χ2n) is 7.61. The molecule has 4 heterocycles. The molecule has 0 aliphatic carbocycles. The first-order valence-corrected chi connectivity index (χ1v) is 9.52. The summed E-state index contributed by atoms with van der Waals surface area (Å²) >= 11 is 0. The molecule has 4 rings (SSSR count). The Bertz CT molecular complexity index is 812. The predicted molar refractivity (Wildman–Crippen MR) is 98.2 cm³/mol. The van der Waals surface area contributed by atoms with Crippen LogP contribution < -0.4 is 0 Å². The van der Waals surface area contributed by atoms with E-state index in [-0.39, 0.29) is 18.1 Å². The van der Waals surface area contributed by atoms with E-state index < -0.39 is 0 Å². The molecule has 2 aliphatic rings. The minimum absolute atomic E-state index is 0.0726. The zero-order valence-electron chi connectivity index (χ0n) is 16.2. The van der Waals surface area contributed by atoms with Crippen molar-refractivity contribution < 1.29 is 9.53 Å². The van der Waals surface area contributed by atoms with Crippen LogP contribution in [0.3, 0.4) is 0 Å². The summed E-state index contributed by atoms with van der Waals surface area (Å²) in [7, 11) is 5.91. The first kappa shape index (κ1) is 18.1. The number of aryl methyl sites for hydroxylation is 2. The summed E-state index contributed by atoms with van der Waals surface area (Å²) in [5.41, 5.74) is 0.982. The van der Waals surface area contributed by atoms with Gasteiger partial charge in [0.05, 0.1) is 24.9 Å². The van der Waals surface area contributed by atoms with Crippen molar-refractivity contribution in [3.05, 3.63) is 29.6 Å². The minimum atomic E-state index is -0.195. The average Bonchev–Trinajstić information content (AvgIpc) is 3.26. The minimum Gasteiger partial charge on any atom is -0.373 e. The lowest BCUT2D eigenvalue weighted by Crippen LogP contribution is -2.51. The summed E-state index contributed by atoms with van der Waals surface area (Å²) in [4.78, 5) is 17.4. The number of hydrogen-bond acceptors (Lipinski definition) is 6. The van der Waals surface area contributed by atoms with Crippen molar-refractivity contribution in [2.75, 3.05) is 33.8 Å². The van der Waals surface area contributed by atoms with Gasteiger partial charge in [-0.25, -0.2) is 0 Å². The fraction of sp³-hybridized carbons (Fsp3) is 0.667. The van der Waals surface area contributed by atoms with Crippen LogP contribution in [0.4, 0.5) is 0 Å². The molecule has 2 aromatic rings. The number of fused-ring (bicyclic) bond motifs is 1. The molecule has 1 fully saturated rings. The van der Waals surface area contributed by atoms with Crippen LogP contribution in [0.1, 0.15) is 40.9 Å². The topological polar surface area (TPSA) is 81.3 Å². The van der Waals surface area contributed by atoms with Crippen LogP contribution in [0.2, 0.25) is 0 Å². The SMILES string of the molecule is CN(C)C[C@@H]1OCCN(C(=O)c2nnc3n2CCCC3)[C@H]1c1cnn(C)c1. The third-order valence-electron chi connectivity index (χ3n) is 5.28. The monoisotopic (exact) mass is 373 g/mol. The second kappa shape index (κ2) is 7.40. The van der Waals surface area contributed by atoms with Crippen molar-refractivity contribution in [3.8, 4) is 0 Å². The van der Waals surface area contributed by atoms with Gasteiger partial charge in [-0.15, -0.1) is 10.2 Å². The maximum atomic E-state index is 13.5. The van der Waals surface area contributed by atoms with E-state index >= 15 is 0 Å². The zero-order chi connectivity index (χ0) is 19.0. The first-order valence-electron chi connectivity index (χ1n) is 9.52. The van der Waals surface area contributed by atoms with Crippen LogP contribution in [0.5, 0.6) is 0 Å². The maximum absolute atomic E-state index is 13.5. The molecule has 1 amide bonds. The molecule has 27 heavy (non-hydrogen) atoms. The molecule has 0 bridgehead atoms. The summed E-state index contributed by atoms with van der Waals surface area (Å²) in [5, 5.41) is 12.8. The van der Waals surface area contributed by atoms with Crippen molar-refractivity contribution in [3.63, 3.8) is 0 Å². The van der Waals surface area contributed by atoms with Gasteiger partial charge in [-0.3, -0.25) is 9.48 Å². The van der Waals surface area contributed by atoms with Gasteiger partial charge >= 0.3 is 0 Å². The van der Waals surface area contributed by atoms with Gasteiger partial charge < -0.3 is 19.1 Å². The summed E-state index contributed by atoms with van der Waals surface area (Å²) in [6.07, 6.45) is 6.71. The first-order chi connectivity index (χ1) is 13.0. The van der Waals surface area contributed by atoms with Gasteiger partial charge in [-0.2, -0.15) is 5.10 Å². The molecule has 1 saturated heterocycles. The predicted octanol–water partition coefficient (Wildman–Crippen LogP) is 0.492. The highest BCUT2D eigenvalue weighted by molar-refractivity contribution is 5.91. The fourth-order valence-corrected chi connectivity index (χ4v) is 4.06. The quantitative estimate of drug-likeness (QED) is 0.776. The molecule has 146 valence electrons. The smallest absolute Gasteiger partial charge is 0.292 e. The van der Waals surface area contributed by atoms with Crippen molar-refractivity contribution in [2.45, 2.75) is 38.0 Å². The Morgan fingerprint density at radius 3 is 2.89 bits per heavy atom. The summed E-state index contributed by atoms with van der Waals surface area (Å²) in [6, 6.07) is -0.195. The lowest BCUT2D eigenvalue weighted by molar-refractivity contribution is -0.0689. The van der Waals surface area contributed by atoms with Gasteiger partial charge in [-0.1, -0.05) is 0 Å². The number of carbonyl (C=O) groups is 1. The lowest BCUT2D eigenvalue weighted by Gasteiger charge is -2.41. The molecule has 0 spiro atoms. The lowest BCUT2D eigenvalue weighted by atomic mass is 10.00. The molecule has 0 unspecified atom stereocenters. The Hall–Kier alpha value is -2.26. The summed E-state index contributed by atoms with van der Waals surface area (Å²) in [5.74, 6) is 1.29. The van der Waals surface area contributed by atoms with Crippen molar-refractivity contribution in [1.82, 2.24) is 34.3 Å².